The average molecular weight is 394 g/mol. The fraction of sp³-hybridized carbons (Fsp3) is 0.389. The van der Waals surface area contributed by atoms with Gasteiger partial charge >= 0.3 is 6.03 Å². The third kappa shape index (κ3) is 5.00. The predicted octanol–water partition coefficient (Wildman–Crippen LogP) is 3.68. The van der Waals surface area contributed by atoms with Crippen molar-refractivity contribution in [3.05, 3.63) is 46.9 Å². The van der Waals surface area contributed by atoms with Crippen molar-refractivity contribution >= 4 is 21.7 Å². The van der Waals surface area contributed by atoms with Crippen LogP contribution in [0, 0.1) is 12.7 Å². The summed E-state index contributed by atoms with van der Waals surface area (Å²) >= 11 is 0. The Morgan fingerprint density at radius 2 is 1.63 bits per heavy atom. The number of aryl methyl sites for hydroxylation is 1. The van der Waals surface area contributed by atoms with Gasteiger partial charge in [-0.25, -0.2) is 13.9 Å². The fourth-order valence-electron chi connectivity index (χ4n) is 2.59. The van der Waals surface area contributed by atoms with Crippen molar-refractivity contribution in [1.82, 2.24) is 14.9 Å². The van der Waals surface area contributed by atoms with Crippen LogP contribution in [0.4, 0.5) is 14.9 Å². The number of sulfonamides is 1. The SMILES string of the molecule is Cc1cnnc(S(=O)(=O)NC(=O)Nc2c(C(C)C)cc(F)cc2C(C)C)c1. The van der Waals surface area contributed by atoms with Crippen molar-refractivity contribution in [1.29, 1.82) is 0 Å². The van der Waals surface area contributed by atoms with Gasteiger partial charge in [-0.15, -0.1) is 5.10 Å². The van der Waals surface area contributed by atoms with Crippen molar-refractivity contribution < 1.29 is 17.6 Å². The second-order valence-electron chi connectivity index (χ2n) is 6.90. The topological polar surface area (TPSA) is 101 Å². The molecule has 0 bridgehead atoms. The smallest absolute Gasteiger partial charge is 0.307 e. The molecule has 2 rings (SSSR count). The molecule has 146 valence electrons. The van der Waals surface area contributed by atoms with E-state index in [9.17, 15) is 17.6 Å². The number of carbonyl (C=O) groups is 1. The highest BCUT2D eigenvalue weighted by Crippen LogP contribution is 2.33. The van der Waals surface area contributed by atoms with Crippen LogP contribution < -0.4 is 10.0 Å². The van der Waals surface area contributed by atoms with Crippen LogP contribution in [0.2, 0.25) is 0 Å². The van der Waals surface area contributed by atoms with E-state index in [1.807, 2.05) is 32.4 Å². The van der Waals surface area contributed by atoms with E-state index in [4.69, 9.17) is 0 Å². The zero-order chi connectivity index (χ0) is 20.4. The van der Waals surface area contributed by atoms with Crippen LogP contribution in [0.3, 0.4) is 0 Å². The third-order valence-corrected chi connectivity index (χ3v) is 5.12. The number of urea groups is 1. The van der Waals surface area contributed by atoms with E-state index in [1.54, 1.807) is 6.92 Å². The lowest BCUT2D eigenvalue weighted by molar-refractivity contribution is 0.256. The minimum Gasteiger partial charge on any atom is -0.307 e. The first kappa shape index (κ1) is 20.8. The van der Waals surface area contributed by atoms with Crippen LogP contribution in [-0.4, -0.2) is 24.6 Å². The standard InChI is InChI=1S/C18H23FN4O3S/c1-10(2)14-7-13(19)8-15(11(3)4)17(14)21-18(24)23-27(25,26)16-6-12(5)9-20-22-16/h6-11H,1-5H3,(H2,21,23,24). The molecule has 0 aliphatic carbocycles. The molecule has 27 heavy (non-hydrogen) atoms. The van der Waals surface area contributed by atoms with E-state index < -0.39 is 21.9 Å². The summed E-state index contributed by atoms with van der Waals surface area (Å²) < 4.78 is 40.6. The van der Waals surface area contributed by atoms with Gasteiger partial charge in [-0.2, -0.15) is 13.5 Å². The molecule has 0 spiro atoms. The van der Waals surface area contributed by atoms with Gasteiger partial charge in [-0.3, -0.25) is 0 Å². The molecule has 2 amide bonds. The average Bonchev–Trinajstić information content (AvgIpc) is 2.55. The highest BCUT2D eigenvalue weighted by Gasteiger charge is 2.23. The molecule has 2 aromatic rings. The summed E-state index contributed by atoms with van der Waals surface area (Å²) in [6.07, 6.45) is 1.40. The number of halogens is 1. The summed E-state index contributed by atoms with van der Waals surface area (Å²) in [4.78, 5) is 12.4. The molecule has 0 saturated heterocycles. The number of anilines is 1. The van der Waals surface area contributed by atoms with E-state index in [2.05, 4.69) is 15.5 Å². The maximum absolute atomic E-state index is 14.0. The molecule has 9 heteroatoms. The normalized spacial score (nSPS) is 11.7. The maximum Gasteiger partial charge on any atom is 0.333 e. The molecule has 0 radical (unpaired) electrons. The molecule has 0 atom stereocenters. The van der Waals surface area contributed by atoms with Crippen LogP contribution in [-0.2, 0) is 10.0 Å². The first-order valence-electron chi connectivity index (χ1n) is 8.47. The lowest BCUT2D eigenvalue weighted by atomic mass is 9.92. The third-order valence-electron chi connectivity index (χ3n) is 3.92. The number of nitrogens with one attached hydrogen (secondary N) is 2. The van der Waals surface area contributed by atoms with Gasteiger partial charge in [0.2, 0.25) is 0 Å². The van der Waals surface area contributed by atoms with Gasteiger partial charge in [0.25, 0.3) is 10.0 Å². The molecule has 0 unspecified atom stereocenters. The molecule has 1 aromatic heterocycles. The minimum atomic E-state index is -4.19. The molecule has 0 aliphatic heterocycles. The lowest BCUT2D eigenvalue weighted by Crippen LogP contribution is -2.35. The molecule has 7 nitrogen and oxygen atoms in total. The van der Waals surface area contributed by atoms with Crippen molar-refractivity contribution in [2.75, 3.05) is 5.32 Å². The number of rotatable bonds is 5. The Morgan fingerprint density at radius 3 is 2.11 bits per heavy atom. The Bertz CT molecular complexity index is 930. The van der Waals surface area contributed by atoms with E-state index in [1.165, 1.54) is 24.4 Å². The van der Waals surface area contributed by atoms with Gasteiger partial charge in [-0.05, 0) is 53.6 Å². The summed E-state index contributed by atoms with van der Waals surface area (Å²) in [7, 11) is -4.19. The monoisotopic (exact) mass is 394 g/mol. The Balaban J connectivity index is 2.35. The first-order chi connectivity index (χ1) is 12.5. The Hall–Kier alpha value is -2.55. The number of amides is 2. The van der Waals surface area contributed by atoms with Crippen LogP contribution in [0.25, 0.3) is 0 Å². The summed E-state index contributed by atoms with van der Waals surface area (Å²) in [5.41, 5.74) is 2.17. The van der Waals surface area contributed by atoms with Gasteiger partial charge in [0, 0.05) is 5.69 Å². The molecule has 0 fully saturated rings. The first-order valence-corrected chi connectivity index (χ1v) is 9.96. The second kappa shape index (κ2) is 7.99. The molecule has 1 heterocycles. The van der Waals surface area contributed by atoms with Crippen molar-refractivity contribution in [2.24, 2.45) is 0 Å². The summed E-state index contributed by atoms with van der Waals surface area (Å²) in [6, 6.07) is 3.03. The van der Waals surface area contributed by atoms with E-state index in [-0.39, 0.29) is 16.9 Å². The van der Waals surface area contributed by atoms with Crippen molar-refractivity contribution in [3.63, 3.8) is 0 Å². The number of nitrogens with zero attached hydrogens (tertiary/aromatic N) is 2. The molecule has 1 aromatic carbocycles. The van der Waals surface area contributed by atoms with E-state index in [0.29, 0.717) is 22.4 Å². The van der Waals surface area contributed by atoms with Crippen LogP contribution >= 0.6 is 0 Å². The maximum atomic E-state index is 14.0. The molecule has 2 N–H and O–H groups in total. The molecule has 0 aliphatic rings. The van der Waals surface area contributed by atoms with Gasteiger partial charge < -0.3 is 5.32 Å². The highest BCUT2D eigenvalue weighted by atomic mass is 32.2. The van der Waals surface area contributed by atoms with Crippen molar-refractivity contribution in [3.8, 4) is 0 Å². The lowest BCUT2D eigenvalue weighted by Gasteiger charge is -2.20. The molecule has 0 saturated carbocycles. The zero-order valence-corrected chi connectivity index (χ0v) is 16.7. The fourth-order valence-corrected chi connectivity index (χ4v) is 3.48. The Morgan fingerprint density at radius 1 is 1.07 bits per heavy atom. The number of carbonyl (C=O) groups excluding carboxylic acids is 1. The second-order valence-corrected chi connectivity index (χ2v) is 8.53. The van der Waals surface area contributed by atoms with Gasteiger partial charge in [0.15, 0.2) is 5.03 Å². The Labute approximate surface area is 158 Å². The number of aromatic nitrogens is 2. The van der Waals surface area contributed by atoms with Crippen LogP contribution in [0.5, 0.6) is 0 Å². The summed E-state index contributed by atoms with van der Waals surface area (Å²) in [5.74, 6) is -0.559. The molecular weight excluding hydrogens is 371 g/mol. The number of benzene rings is 1. The van der Waals surface area contributed by atoms with Crippen molar-refractivity contribution in [2.45, 2.75) is 51.5 Å². The number of hydrogen-bond donors (Lipinski definition) is 2. The summed E-state index contributed by atoms with van der Waals surface area (Å²) in [5, 5.41) is 9.34. The quantitative estimate of drug-likeness (QED) is 0.805. The molecular formula is C18H23FN4O3S. The van der Waals surface area contributed by atoms with Crippen LogP contribution in [0.1, 0.15) is 56.2 Å². The highest BCUT2D eigenvalue weighted by molar-refractivity contribution is 7.90. The largest absolute Gasteiger partial charge is 0.333 e. The van der Waals surface area contributed by atoms with E-state index >= 15 is 0 Å². The van der Waals surface area contributed by atoms with Gasteiger partial charge in [-0.1, -0.05) is 27.7 Å². The predicted molar refractivity (Wildman–Crippen MR) is 101 cm³/mol. The summed E-state index contributed by atoms with van der Waals surface area (Å²) in [6.45, 7) is 9.11. The minimum absolute atomic E-state index is 0.0762. The van der Waals surface area contributed by atoms with Crippen LogP contribution in [0.15, 0.2) is 29.4 Å². The van der Waals surface area contributed by atoms with Gasteiger partial charge in [0.05, 0.1) is 6.20 Å². The number of hydrogen-bond acceptors (Lipinski definition) is 5. The zero-order valence-electron chi connectivity index (χ0n) is 15.9. The van der Waals surface area contributed by atoms with Gasteiger partial charge in [0.1, 0.15) is 5.82 Å². The Kier molecular flexibility index (Phi) is 6.15. The van der Waals surface area contributed by atoms with E-state index in [0.717, 1.165) is 0 Å².